The lowest BCUT2D eigenvalue weighted by molar-refractivity contribution is 0.274. The van der Waals surface area contributed by atoms with Gasteiger partial charge in [0.1, 0.15) is 12.4 Å². The summed E-state index contributed by atoms with van der Waals surface area (Å²) in [4.78, 5) is 0. The molecule has 0 saturated heterocycles. The van der Waals surface area contributed by atoms with Gasteiger partial charge in [0.2, 0.25) is 0 Å². The Morgan fingerprint density at radius 3 is 2.39 bits per heavy atom. The van der Waals surface area contributed by atoms with Crippen LogP contribution in [-0.4, -0.2) is 33.4 Å². The van der Waals surface area contributed by atoms with Gasteiger partial charge in [-0.1, -0.05) is 24.3 Å². The van der Waals surface area contributed by atoms with Crippen LogP contribution in [0.4, 0.5) is 0 Å². The Labute approximate surface area is 138 Å². The Balaban J connectivity index is 1.74. The van der Waals surface area contributed by atoms with Crippen LogP contribution in [-0.2, 0) is 6.42 Å². The summed E-state index contributed by atoms with van der Waals surface area (Å²) < 4.78 is 16.3. The van der Waals surface area contributed by atoms with Crippen LogP contribution in [0.2, 0.25) is 0 Å². The van der Waals surface area contributed by atoms with Gasteiger partial charge in [0.25, 0.3) is 0 Å². The normalized spacial score (nSPS) is 11.8. The third-order valence-corrected chi connectivity index (χ3v) is 3.60. The molecule has 1 atom stereocenters. The summed E-state index contributed by atoms with van der Waals surface area (Å²) in [6.07, 6.45) is 0.927. The van der Waals surface area contributed by atoms with Crippen LogP contribution < -0.4 is 19.5 Å². The van der Waals surface area contributed by atoms with E-state index >= 15 is 0 Å². The maximum Gasteiger partial charge on any atom is 0.160 e. The summed E-state index contributed by atoms with van der Waals surface area (Å²) in [6, 6.07) is 16.2. The van der Waals surface area contributed by atoms with Crippen LogP contribution in [0.3, 0.4) is 0 Å². The van der Waals surface area contributed by atoms with Crippen LogP contribution in [0.15, 0.2) is 48.5 Å². The SMILES string of the molecule is COc1ccc(CCNC(C)COc2ccccc2)cc1OC. The van der Waals surface area contributed by atoms with Gasteiger partial charge in [-0.25, -0.2) is 0 Å². The molecule has 2 aromatic carbocycles. The lowest BCUT2D eigenvalue weighted by Gasteiger charge is -2.15. The first-order valence-electron chi connectivity index (χ1n) is 7.85. The van der Waals surface area contributed by atoms with E-state index in [1.807, 2.05) is 42.5 Å². The topological polar surface area (TPSA) is 39.7 Å². The molecule has 0 aliphatic heterocycles. The van der Waals surface area contributed by atoms with E-state index in [1.54, 1.807) is 14.2 Å². The van der Waals surface area contributed by atoms with Gasteiger partial charge in [0.15, 0.2) is 11.5 Å². The Morgan fingerprint density at radius 2 is 1.70 bits per heavy atom. The molecule has 0 aliphatic carbocycles. The standard InChI is InChI=1S/C19H25NO3/c1-15(14-23-17-7-5-4-6-8-17)20-12-11-16-9-10-18(21-2)19(13-16)22-3/h4-10,13,15,20H,11-12,14H2,1-3H3. The van der Waals surface area contributed by atoms with Crippen LogP contribution >= 0.6 is 0 Å². The monoisotopic (exact) mass is 315 g/mol. The van der Waals surface area contributed by atoms with Crippen LogP contribution in [0.5, 0.6) is 17.2 Å². The minimum absolute atomic E-state index is 0.287. The lowest BCUT2D eigenvalue weighted by Crippen LogP contribution is -2.33. The second kappa shape index (κ2) is 9.06. The zero-order chi connectivity index (χ0) is 16.5. The Hall–Kier alpha value is -2.20. The molecule has 2 rings (SSSR count). The van der Waals surface area contributed by atoms with Crippen molar-refractivity contribution in [3.8, 4) is 17.2 Å². The van der Waals surface area contributed by atoms with Gasteiger partial charge in [-0.2, -0.15) is 0 Å². The number of rotatable bonds is 9. The van der Waals surface area contributed by atoms with Crippen molar-refractivity contribution in [3.63, 3.8) is 0 Å². The summed E-state index contributed by atoms with van der Waals surface area (Å²) in [5, 5.41) is 3.47. The summed E-state index contributed by atoms with van der Waals surface area (Å²) >= 11 is 0. The maximum absolute atomic E-state index is 5.74. The van der Waals surface area contributed by atoms with Gasteiger partial charge < -0.3 is 19.5 Å². The molecule has 0 spiro atoms. The van der Waals surface area contributed by atoms with Gasteiger partial charge in [-0.15, -0.1) is 0 Å². The largest absolute Gasteiger partial charge is 0.493 e. The van der Waals surface area contributed by atoms with E-state index in [2.05, 4.69) is 18.3 Å². The fraction of sp³-hybridized carbons (Fsp3) is 0.368. The molecule has 1 unspecified atom stereocenters. The molecule has 4 nitrogen and oxygen atoms in total. The Kier molecular flexibility index (Phi) is 6.76. The Morgan fingerprint density at radius 1 is 0.957 bits per heavy atom. The molecule has 0 bridgehead atoms. The van der Waals surface area contributed by atoms with Gasteiger partial charge in [-0.3, -0.25) is 0 Å². The van der Waals surface area contributed by atoms with Crippen molar-refractivity contribution in [1.29, 1.82) is 0 Å². The number of hydrogen-bond donors (Lipinski definition) is 1. The lowest BCUT2D eigenvalue weighted by atomic mass is 10.1. The van der Waals surface area contributed by atoms with Gasteiger partial charge >= 0.3 is 0 Å². The highest BCUT2D eigenvalue weighted by atomic mass is 16.5. The van der Waals surface area contributed by atoms with Crippen LogP contribution in [0, 0.1) is 0 Å². The predicted molar refractivity (Wildman–Crippen MR) is 92.7 cm³/mol. The molecule has 0 radical (unpaired) electrons. The van der Waals surface area contributed by atoms with E-state index < -0.39 is 0 Å². The first-order chi connectivity index (χ1) is 11.2. The van der Waals surface area contributed by atoms with Crippen molar-refractivity contribution in [2.75, 3.05) is 27.4 Å². The zero-order valence-electron chi connectivity index (χ0n) is 14.0. The Bertz CT molecular complexity index is 586. The minimum Gasteiger partial charge on any atom is -0.493 e. The van der Waals surface area contributed by atoms with Gasteiger partial charge in [0.05, 0.1) is 14.2 Å². The third-order valence-electron chi connectivity index (χ3n) is 3.60. The highest BCUT2D eigenvalue weighted by Gasteiger charge is 2.06. The maximum atomic E-state index is 5.74. The third kappa shape index (κ3) is 5.49. The summed E-state index contributed by atoms with van der Waals surface area (Å²) in [7, 11) is 3.30. The molecule has 0 heterocycles. The van der Waals surface area contributed by atoms with Crippen molar-refractivity contribution < 1.29 is 14.2 Å². The van der Waals surface area contributed by atoms with E-state index in [0.29, 0.717) is 6.61 Å². The molecule has 4 heteroatoms. The number of nitrogens with one attached hydrogen (secondary N) is 1. The van der Waals surface area contributed by atoms with Crippen LogP contribution in [0.1, 0.15) is 12.5 Å². The van der Waals surface area contributed by atoms with Crippen LogP contribution in [0.25, 0.3) is 0 Å². The van der Waals surface area contributed by atoms with E-state index in [0.717, 1.165) is 30.2 Å². The molecule has 0 fully saturated rings. The zero-order valence-corrected chi connectivity index (χ0v) is 14.0. The second-order valence-corrected chi connectivity index (χ2v) is 5.42. The van der Waals surface area contributed by atoms with E-state index in [-0.39, 0.29) is 6.04 Å². The molecule has 0 amide bonds. The highest BCUT2D eigenvalue weighted by molar-refractivity contribution is 5.42. The average Bonchev–Trinajstić information content (AvgIpc) is 2.60. The number of para-hydroxylation sites is 1. The molecular weight excluding hydrogens is 290 g/mol. The first-order valence-corrected chi connectivity index (χ1v) is 7.85. The fourth-order valence-electron chi connectivity index (χ4n) is 2.30. The van der Waals surface area contributed by atoms with Crippen molar-refractivity contribution in [3.05, 3.63) is 54.1 Å². The quantitative estimate of drug-likeness (QED) is 0.771. The van der Waals surface area contributed by atoms with Gasteiger partial charge in [0, 0.05) is 6.04 Å². The number of benzene rings is 2. The van der Waals surface area contributed by atoms with Crippen molar-refractivity contribution in [1.82, 2.24) is 5.32 Å². The highest BCUT2D eigenvalue weighted by Crippen LogP contribution is 2.27. The van der Waals surface area contributed by atoms with E-state index in [9.17, 15) is 0 Å². The first kappa shape index (κ1) is 17.2. The number of methoxy groups -OCH3 is 2. The second-order valence-electron chi connectivity index (χ2n) is 5.42. The molecule has 2 aromatic rings. The molecule has 0 aromatic heterocycles. The molecule has 124 valence electrons. The molecular formula is C19H25NO3. The molecule has 23 heavy (non-hydrogen) atoms. The number of ether oxygens (including phenoxy) is 3. The molecule has 1 N–H and O–H groups in total. The summed E-state index contributed by atoms with van der Waals surface area (Å²) in [6.45, 7) is 3.66. The summed E-state index contributed by atoms with van der Waals surface area (Å²) in [5.41, 5.74) is 1.21. The van der Waals surface area contributed by atoms with E-state index in [1.165, 1.54) is 5.56 Å². The smallest absolute Gasteiger partial charge is 0.160 e. The molecule has 0 saturated carbocycles. The predicted octanol–water partition coefficient (Wildman–Crippen LogP) is 3.30. The van der Waals surface area contributed by atoms with Crippen molar-refractivity contribution >= 4 is 0 Å². The van der Waals surface area contributed by atoms with E-state index in [4.69, 9.17) is 14.2 Å². The number of hydrogen-bond acceptors (Lipinski definition) is 4. The summed E-state index contributed by atoms with van der Waals surface area (Å²) in [5.74, 6) is 2.43. The average molecular weight is 315 g/mol. The fourth-order valence-corrected chi connectivity index (χ4v) is 2.30. The minimum atomic E-state index is 0.287. The molecule has 0 aliphatic rings. The van der Waals surface area contributed by atoms with Crippen molar-refractivity contribution in [2.45, 2.75) is 19.4 Å². The van der Waals surface area contributed by atoms with Gasteiger partial charge in [-0.05, 0) is 49.7 Å². The van der Waals surface area contributed by atoms with Crippen molar-refractivity contribution in [2.24, 2.45) is 0 Å².